The molecule has 0 aliphatic carbocycles. The Bertz CT molecular complexity index is 900. The second-order valence-electron chi connectivity index (χ2n) is 6.36. The number of thiophene rings is 1. The van der Waals surface area contributed by atoms with Gasteiger partial charge in [-0.1, -0.05) is 19.4 Å². The summed E-state index contributed by atoms with van der Waals surface area (Å²) in [7, 11) is 1.65. The number of fused-ring (bicyclic) bond motifs is 1. The highest BCUT2D eigenvalue weighted by atomic mass is 32.1. The van der Waals surface area contributed by atoms with Crippen molar-refractivity contribution in [2.24, 2.45) is 0 Å². The molecule has 6 heteroatoms. The first-order valence-corrected chi connectivity index (χ1v) is 9.69. The van der Waals surface area contributed by atoms with Crippen LogP contribution in [-0.4, -0.2) is 34.7 Å². The predicted molar refractivity (Wildman–Crippen MR) is 103 cm³/mol. The van der Waals surface area contributed by atoms with Crippen LogP contribution in [0.15, 0.2) is 41.8 Å². The molecule has 5 nitrogen and oxygen atoms in total. The van der Waals surface area contributed by atoms with Gasteiger partial charge >= 0.3 is 0 Å². The number of nitrogens with one attached hydrogen (secondary N) is 1. The SMILES string of the molecule is CCCCN1C(=O)c2[nH]nc(-c3ccc(OC)cc3)c2C1c1cccs1. The highest BCUT2D eigenvalue weighted by Gasteiger charge is 2.42. The van der Waals surface area contributed by atoms with Gasteiger partial charge in [0.05, 0.1) is 18.8 Å². The van der Waals surface area contributed by atoms with E-state index in [1.165, 1.54) is 4.88 Å². The number of carbonyl (C=O) groups is 1. The molecule has 0 radical (unpaired) electrons. The molecule has 1 amide bonds. The van der Waals surface area contributed by atoms with Crippen molar-refractivity contribution in [3.05, 3.63) is 57.9 Å². The van der Waals surface area contributed by atoms with Gasteiger partial charge in [0.2, 0.25) is 0 Å². The van der Waals surface area contributed by atoms with Crippen LogP contribution in [-0.2, 0) is 0 Å². The minimum atomic E-state index is -0.0695. The van der Waals surface area contributed by atoms with E-state index in [0.717, 1.165) is 42.0 Å². The van der Waals surface area contributed by atoms with Crippen molar-refractivity contribution in [3.8, 4) is 17.0 Å². The molecular formula is C20H21N3O2S. The first-order chi connectivity index (χ1) is 12.7. The molecule has 4 rings (SSSR count). The molecular weight excluding hydrogens is 346 g/mol. The van der Waals surface area contributed by atoms with Crippen LogP contribution in [0.3, 0.4) is 0 Å². The summed E-state index contributed by atoms with van der Waals surface area (Å²) in [6.45, 7) is 2.90. The zero-order valence-corrected chi connectivity index (χ0v) is 15.7. The Morgan fingerprint density at radius 3 is 2.73 bits per heavy atom. The molecule has 1 atom stereocenters. The van der Waals surface area contributed by atoms with Gasteiger partial charge in [-0.15, -0.1) is 11.3 Å². The molecule has 3 aromatic rings. The van der Waals surface area contributed by atoms with E-state index < -0.39 is 0 Å². The number of aromatic amines is 1. The number of hydrogen-bond acceptors (Lipinski definition) is 4. The molecule has 0 spiro atoms. The molecule has 26 heavy (non-hydrogen) atoms. The zero-order valence-electron chi connectivity index (χ0n) is 14.9. The lowest BCUT2D eigenvalue weighted by molar-refractivity contribution is 0.0743. The summed E-state index contributed by atoms with van der Waals surface area (Å²) < 4.78 is 5.25. The molecule has 134 valence electrons. The lowest BCUT2D eigenvalue weighted by Gasteiger charge is -2.25. The second kappa shape index (κ2) is 6.96. The summed E-state index contributed by atoms with van der Waals surface area (Å²) in [6, 6.07) is 11.9. The molecule has 0 saturated heterocycles. The summed E-state index contributed by atoms with van der Waals surface area (Å²) in [5, 5.41) is 9.53. The minimum absolute atomic E-state index is 0.0408. The van der Waals surface area contributed by atoms with Crippen LogP contribution in [0.1, 0.15) is 46.7 Å². The third kappa shape index (κ3) is 2.70. The van der Waals surface area contributed by atoms with Crippen molar-refractivity contribution in [2.45, 2.75) is 25.8 Å². The number of unbranched alkanes of at least 4 members (excludes halogenated alkanes) is 1. The number of carbonyl (C=O) groups excluding carboxylic acids is 1. The van der Waals surface area contributed by atoms with E-state index in [-0.39, 0.29) is 11.9 Å². The summed E-state index contributed by atoms with van der Waals surface area (Å²) in [4.78, 5) is 16.1. The monoisotopic (exact) mass is 367 g/mol. The maximum Gasteiger partial charge on any atom is 0.273 e. The zero-order chi connectivity index (χ0) is 18.1. The van der Waals surface area contributed by atoms with Crippen molar-refractivity contribution in [3.63, 3.8) is 0 Å². The summed E-state index contributed by atoms with van der Waals surface area (Å²) in [6.07, 6.45) is 2.04. The Morgan fingerprint density at radius 2 is 2.08 bits per heavy atom. The Hall–Kier alpha value is -2.60. The predicted octanol–water partition coefficient (Wildman–Crippen LogP) is 4.49. The lowest BCUT2D eigenvalue weighted by Crippen LogP contribution is -2.30. The molecule has 1 aromatic carbocycles. The van der Waals surface area contributed by atoms with Crippen molar-refractivity contribution >= 4 is 17.2 Å². The Balaban J connectivity index is 1.80. The maximum absolute atomic E-state index is 13.0. The number of H-pyrrole nitrogens is 1. The molecule has 2 aromatic heterocycles. The number of nitrogens with zero attached hydrogens (tertiary/aromatic N) is 2. The fraction of sp³-hybridized carbons (Fsp3) is 0.300. The van der Waals surface area contributed by atoms with Gasteiger partial charge in [0.25, 0.3) is 5.91 Å². The van der Waals surface area contributed by atoms with Crippen LogP contribution < -0.4 is 4.74 Å². The molecule has 1 aliphatic rings. The largest absolute Gasteiger partial charge is 0.497 e. The number of hydrogen-bond donors (Lipinski definition) is 1. The van der Waals surface area contributed by atoms with Crippen molar-refractivity contribution in [2.75, 3.05) is 13.7 Å². The molecule has 3 heterocycles. The number of benzene rings is 1. The molecule has 1 unspecified atom stereocenters. The number of amides is 1. The van der Waals surface area contributed by atoms with Gasteiger partial charge in [0, 0.05) is 22.5 Å². The van der Waals surface area contributed by atoms with Crippen LogP contribution >= 0.6 is 11.3 Å². The van der Waals surface area contributed by atoms with Gasteiger partial charge in [-0.3, -0.25) is 9.89 Å². The average Bonchev–Trinajstić information content (AvgIpc) is 3.39. The molecule has 1 aliphatic heterocycles. The smallest absolute Gasteiger partial charge is 0.273 e. The van der Waals surface area contributed by atoms with E-state index in [1.54, 1.807) is 18.4 Å². The Kier molecular flexibility index (Phi) is 4.51. The van der Waals surface area contributed by atoms with E-state index in [2.05, 4.69) is 28.6 Å². The number of aromatic nitrogens is 2. The van der Waals surface area contributed by atoms with Crippen LogP contribution in [0, 0.1) is 0 Å². The first kappa shape index (κ1) is 16.8. The third-order valence-electron chi connectivity index (χ3n) is 4.79. The van der Waals surface area contributed by atoms with Gasteiger partial charge in [0.15, 0.2) is 0 Å². The van der Waals surface area contributed by atoms with E-state index in [1.807, 2.05) is 35.2 Å². The molecule has 1 N–H and O–H groups in total. The van der Waals surface area contributed by atoms with Crippen LogP contribution in [0.4, 0.5) is 0 Å². The van der Waals surface area contributed by atoms with Crippen molar-refractivity contribution < 1.29 is 9.53 Å². The van der Waals surface area contributed by atoms with E-state index in [9.17, 15) is 4.79 Å². The number of methoxy groups -OCH3 is 1. The van der Waals surface area contributed by atoms with Crippen LogP contribution in [0.25, 0.3) is 11.3 Å². The van der Waals surface area contributed by atoms with Crippen LogP contribution in [0.5, 0.6) is 5.75 Å². The van der Waals surface area contributed by atoms with E-state index >= 15 is 0 Å². The topological polar surface area (TPSA) is 58.2 Å². The quantitative estimate of drug-likeness (QED) is 0.698. The maximum atomic E-state index is 13.0. The number of rotatable bonds is 6. The van der Waals surface area contributed by atoms with Gasteiger partial charge < -0.3 is 9.64 Å². The molecule has 0 bridgehead atoms. The molecule has 0 saturated carbocycles. The lowest BCUT2D eigenvalue weighted by atomic mass is 10.0. The van der Waals surface area contributed by atoms with E-state index in [0.29, 0.717) is 5.69 Å². The fourth-order valence-electron chi connectivity index (χ4n) is 3.47. The molecule has 0 fully saturated rings. The number of ether oxygens (including phenoxy) is 1. The van der Waals surface area contributed by atoms with Crippen molar-refractivity contribution in [1.29, 1.82) is 0 Å². The van der Waals surface area contributed by atoms with Gasteiger partial charge in [0.1, 0.15) is 11.4 Å². The second-order valence-corrected chi connectivity index (χ2v) is 7.34. The summed E-state index contributed by atoms with van der Waals surface area (Å²) >= 11 is 1.68. The summed E-state index contributed by atoms with van der Waals surface area (Å²) in [5.41, 5.74) is 3.42. The van der Waals surface area contributed by atoms with Gasteiger partial charge in [-0.25, -0.2) is 0 Å². The standard InChI is InChI=1S/C20H21N3O2S/c1-3-4-11-23-19(15-6-5-12-26-15)16-17(21-22-18(16)20(23)24)13-7-9-14(25-2)10-8-13/h5-10,12,19H,3-4,11H2,1-2H3,(H,21,22). The summed E-state index contributed by atoms with van der Waals surface area (Å²) in [5.74, 6) is 0.843. The fourth-order valence-corrected chi connectivity index (χ4v) is 4.31. The highest BCUT2D eigenvalue weighted by molar-refractivity contribution is 7.10. The van der Waals surface area contributed by atoms with Gasteiger partial charge in [-0.05, 0) is 42.1 Å². The van der Waals surface area contributed by atoms with E-state index in [4.69, 9.17) is 4.74 Å². The Labute approximate surface area is 156 Å². The van der Waals surface area contributed by atoms with Crippen molar-refractivity contribution in [1.82, 2.24) is 15.1 Å². The third-order valence-corrected chi connectivity index (χ3v) is 5.72. The first-order valence-electron chi connectivity index (χ1n) is 8.81. The normalized spacial score (nSPS) is 16.2. The van der Waals surface area contributed by atoms with Gasteiger partial charge in [-0.2, -0.15) is 5.10 Å². The Morgan fingerprint density at radius 1 is 1.27 bits per heavy atom. The minimum Gasteiger partial charge on any atom is -0.497 e. The van der Waals surface area contributed by atoms with Crippen LogP contribution in [0.2, 0.25) is 0 Å². The highest BCUT2D eigenvalue weighted by Crippen LogP contribution is 2.44. The average molecular weight is 367 g/mol.